The van der Waals surface area contributed by atoms with Crippen molar-refractivity contribution in [1.82, 2.24) is 0 Å². The van der Waals surface area contributed by atoms with Crippen LogP contribution in [0.2, 0.25) is 0 Å². The molecule has 2 rings (SSSR count). The Morgan fingerprint density at radius 3 is 2.67 bits per heavy atom. The third-order valence-corrected chi connectivity index (χ3v) is 2.56. The number of nitrogen functional groups attached to an aromatic ring is 1. The van der Waals surface area contributed by atoms with E-state index in [1.807, 2.05) is 0 Å². The van der Waals surface area contributed by atoms with E-state index >= 15 is 0 Å². The van der Waals surface area contributed by atoms with Crippen LogP contribution in [0.15, 0.2) is 48.5 Å². The van der Waals surface area contributed by atoms with Crippen molar-refractivity contribution in [2.75, 3.05) is 12.3 Å². The maximum atomic E-state index is 12.9. The second-order valence-electron chi connectivity index (χ2n) is 3.91. The molecule has 0 amide bonds. The highest BCUT2D eigenvalue weighted by molar-refractivity contribution is 5.47. The first-order chi connectivity index (χ1) is 8.66. The second-order valence-corrected chi connectivity index (χ2v) is 3.91. The van der Waals surface area contributed by atoms with Crippen LogP contribution >= 0.6 is 0 Å². The molecule has 0 aliphatic rings. The summed E-state index contributed by atoms with van der Waals surface area (Å²) in [6, 6.07) is 12.8. The molecule has 1 atom stereocenters. The smallest absolute Gasteiger partial charge is 0.126 e. The minimum atomic E-state index is -0.838. The molecule has 0 aliphatic heterocycles. The standard InChI is InChI=1S/C14H14FNO2/c15-10-4-3-5-11(8-10)18-9-14(17)12-6-1-2-7-13(12)16/h1-8,14,17H,9,16H2. The van der Waals surface area contributed by atoms with E-state index in [2.05, 4.69) is 0 Å². The van der Waals surface area contributed by atoms with Crippen LogP contribution in [0.3, 0.4) is 0 Å². The van der Waals surface area contributed by atoms with Crippen molar-refractivity contribution in [3.63, 3.8) is 0 Å². The molecule has 0 radical (unpaired) electrons. The number of benzene rings is 2. The molecule has 1 unspecified atom stereocenters. The van der Waals surface area contributed by atoms with Crippen molar-refractivity contribution in [2.45, 2.75) is 6.10 Å². The minimum absolute atomic E-state index is 0.0255. The van der Waals surface area contributed by atoms with Crippen LogP contribution in [-0.4, -0.2) is 11.7 Å². The molecular weight excluding hydrogens is 233 g/mol. The molecule has 4 heteroatoms. The van der Waals surface area contributed by atoms with Crippen LogP contribution < -0.4 is 10.5 Å². The van der Waals surface area contributed by atoms with Gasteiger partial charge in [0.1, 0.15) is 24.3 Å². The zero-order valence-electron chi connectivity index (χ0n) is 9.71. The van der Waals surface area contributed by atoms with Crippen LogP contribution in [0, 0.1) is 5.82 Å². The Kier molecular flexibility index (Phi) is 3.79. The van der Waals surface area contributed by atoms with Gasteiger partial charge in [-0.05, 0) is 18.2 Å². The van der Waals surface area contributed by atoms with Gasteiger partial charge in [0, 0.05) is 17.3 Å². The fraction of sp³-hybridized carbons (Fsp3) is 0.143. The van der Waals surface area contributed by atoms with E-state index in [1.54, 1.807) is 36.4 Å². The van der Waals surface area contributed by atoms with Crippen LogP contribution in [0.4, 0.5) is 10.1 Å². The van der Waals surface area contributed by atoms with Gasteiger partial charge in [-0.25, -0.2) is 4.39 Å². The predicted molar refractivity (Wildman–Crippen MR) is 67.7 cm³/mol. The average molecular weight is 247 g/mol. The average Bonchev–Trinajstić information content (AvgIpc) is 2.37. The number of para-hydroxylation sites is 1. The molecule has 3 N–H and O–H groups in total. The van der Waals surface area contributed by atoms with Crippen LogP contribution in [0.1, 0.15) is 11.7 Å². The maximum Gasteiger partial charge on any atom is 0.126 e. The molecule has 18 heavy (non-hydrogen) atoms. The number of aliphatic hydroxyl groups is 1. The van der Waals surface area contributed by atoms with Gasteiger partial charge in [0.25, 0.3) is 0 Å². The lowest BCUT2D eigenvalue weighted by atomic mass is 10.1. The van der Waals surface area contributed by atoms with Gasteiger partial charge in [0.05, 0.1) is 0 Å². The lowest BCUT2D eigenvalue weighted by Crippen LogP contribution is -2.11. The lowest BCUT2D eigenvalue weighted by molar-refractivity contribution is 0.108. The first kappa shape index (κ1) is 12.4. The normalized spacial score (nSPS) is 12.1. The molecule has 0 aromatic heterocycles. The van der Waals surface area contributed by atoms with E-state index in [4.69, 9.17) is 10.5 Å². The fourth-order valence-electron chi connectivity index (χ4n) is 1.64. The second kappa shape index (κ2) is 5.51. The predicted octanol–water partition coefficient (Wildman–Crippen LogP) is 2.52. The molecule has 0 fully saturated rings. The largest absolute Gasteiger partial charge is 0.490 e. The minimum Gasteiger partial charge on any atom is -0.490 e. The van der Waals surface area contributed by atoms with E-state index in [0.29, 0.717) is 17.0 Å². The number of nitrogens with two attached hydrogens (primary N) is 1. The van der Waals surface area contributed by atoms with Crippen molar-refractivity contribution in [1.29, 1.82) is 0 Å². The molecule has 94 valence electrons. The summed E-state index contributed by atoms with van der Waals surface area (Å²) in [5, 5.41) is 9.93. The Labute approximate surface area is 105 Å². The van der Waals surface area contributed by atoms with Gasteiger partial charge in [-0.15, -0.1) is 0 Å². The Balaban J connectivity index is 2.00. The highest BCUT2D eigenvalue weighted by Gasteiger charge is 2.11. The summed E-state index contributed by atoms with van der Waals surface area (Å²) in [4.78, 5) is 0. The third kappa shape index (κ3) is 2.99. The fourth-order valence-corrected chi connectivity index (χ4v) is 1.64. The summed E-state index contributed by atoms with van der Waals surface area (Å²) < 4.78 is 18.2. The maximum absolute atomic E-state index is 12.9. The van der Waals surface area contributed by atoms with Crippen molar-refractivity contribution in [2.24, 2.45) is 0 Å². The summed E-state index contributed by atoms with van der Waals surface area (Å²) in [6.07, 6.45) is -0.838. The number of rotatable bonds is 4. The van der Waals surface area contributed by atoms with Gasteiger partial charge < -0.3 is 15.6 Å². The van der Waals surface area contributed by atoms with E-state index in [0.717, 1.165) is 0 Å². The lowest BCUT2D eigenvalue weighted by Gasteiger charge is -2.14. The number of ether oxygens (including phenoxy) is 1. The van der Waals surface area contributed by atoms with Crippen LogP contribution in [-0.2, 0) is 0 Å². The molecule has 0 bridgehead atoms. The van der Waals surface area contributed by atoms with E-state index in [-0.39, 0.29) is 12.4 Å². The van der Waals surface area contributed by atoms with E-state index in [1.165, 1.54) is 12.1 Å². The molecule has 0 saturated heterocycles. The Bertz CT molecular complexity index is 531. The molecule has 0 aliphatic carbocycles. The Morgan fingerprint density at radius 2 is 1.94 bits per heavy atom. The topological polar surface area (TPSA) is 55.5 Å². The zero-order chi connectivity index (χ0) is 13.0. The number of aliphatic hydroxyl groups excluding tert-OH is 1. The highest BCUT2D eigenvalue weighted by Crippen LogP contribution is 2.21. The SMILES string of the molecule is Nc1ccccc1C(O)COc1cccc(F)c1. The molecule has 0 saturated carbocycles. The van der Waals surface area contributed by atoms with Crippen molar-refractivity contribution in [3.05, 3.63) is 59.9 Å². The summed E-state index contributed by atoms with van der Waals surface area (Å²) in [5.74, 6) is 0.00441. The summed E-state index contributed by atoms with van der Waals surface area (Å²) in [7, 11) is 0. The van der Waals surface area contributed by atoms with Crippen molar-refractivity contribution >= 4 is 5.69 Å². The number of hydrogen-bond acceptors (Lipinski definition) is 3. The summed E-state index contributed by atoms with van der Waals surface area (Å²) in [6.45, 7) is 0.0255. The van der Waals surface area contributed by atoms with Gasteiger partial charge in [0.15, 0.2) is 0 Å². The van der Waals surface area contributed by atoms with Gasteiger partial charge in [-0.2, -0.15) is 0 Å². The third-order valence-electron chi connectivity index (χ3n) is 2.56. The zero-order valence-corrected chi connectivity index (χ0v) is 9.71. The number of anilines is 1. The van der Waals surface area contributed by atoms with Gasteiger partial charge >= 0.3 is 0 Å². The number of hydrogen-bond donors (Lipinski definition) is 2. The first-order valence-corrected chi connectivity index (χ1v) is 5.57. The molecule has 0 heterocycles. The Hall–Kier alpha value is -2.07. The van der Waals surface area contributed by atoms with Gasteiger partial charge in [-0.1, -0.05) is 24.3 Å². The van der Waals surface area contributed by atoms with Crippen LogP contribution in [0.5, 0.6) is 5.75 Å². The molecule has 3 nitrogen and oxygen atoms in total. The van der Waals surface area contributed by atoms with Gasteiger partial charge in [-0.3, -0.25) is 0 Å². The number of halogens is 1. The molecule has 0 spiro atoms. The quantitative estimate of drug-likeness (QED) is 0.816. The molecular formula is C14H14FNO2. The van der Waals surface area contributed by atoms with Gasteiger partial charge in [0.2, 0.25) is 0 Å². The Morgan fingerprint density at radius 1 is 1.17 bits per heavy atom. The van der Waals surface area contributed by atoms with Crippen molar-refractivity contribution < 1.29 is 14.2 Å². The van der Waals surface area contributed by atoms with Crippen molar-refractivity contribution in [3.8, 4) is 5.75 Å². The molecule has 2 aromatic carbocycles. The summed E-state index contributed by atoms with van der Waals surface area (Å²) >= 11 is 0. The van der Waals surface area contributed by atoms with Crippen LogP contribution in [0.25, 0.3) is 0 Å². The summed E-state index contributed by atoms with van der Waals surface area (Å²) in [5.41, 5.74) is 6.85. The highest BCUT2D eigenvalue weighted by atomic mass is 19.1. The molecule has 2 aromatic rings. The van der Waals surface area contributed by atoms with E-state index < -0.39 is 6.10 Å². The van der Waals surface area contributed by atoms with E-state index in [9.17, 15) is 9.50 Å². The monoisotopic (exact) mass is 247 g/mol. The first-order valence-electron chi connectivity index (χ1n) is 5.57.